The molecule has 1 amide bonds. The molecule has 2 aliphatic rings. The summed E-state index contributed by atoms with van der Waals surface area (Å²) in [6, 6.07) is 17.1. The number of carbonyl (C=O) groups excluding carboxylic acids is 1. The van der Waals surface area contributed by atoms with Gasteiger partial charge in [0, 0.05) is 36.4 Å². The highest BCUT2D eigenvalue weighted by molar-refractivity contribution is 6.02. The van der Waals surface area contributed by atoms with Gasteiger partial charge in [0.1, 0.15) is 5.84 Å². The zero-order valence-corrected chi connectivity index (χ0v) is 19.8. The lowest BCUT2D eigenvalue weighted by molar-refractivity contribution is -0.120. The summed E-state index contributed by atoms with van der Waals surface area (Å²) in [4.78, 5) is 18.1. The number of nitrogens with one attached hydrogen (secondary N) is 1. The number of amides is 1. The minimum atomic E-state index is -0.261. The number of nitrogen functional groups attached to an aromatic ring is 1. The summed E-state index contributed by atoms with van der Waals surface area (Å²) in [5.74, 6) is -0.127. The maximum absolute atomic E-state index is 13.6. The minimum absolute atomic E-state index is 0.0256. The predicted molar refractivity (Wildman–Crippen MR) is 136 cm³/mol. The zero-order chi connectivity index (χ0) is 23.4. The molecule has 174 valence electrons. The van der Waals surface area contributed by atoms with Crippen LogP contribution in [0.2, 0.25) is 0 Å². The first-order chi connectivity index (χ1) is 16.0. The molecule has 0 aromatic heterocycles. The monoisotopic (exact) mass is 444 g/mol. The Bertz CT molecular complexity index is 1020. The molecule has 0 bridgehead atoms. The Kier molecular flexibility index (Phi) is 7.29. The molecule has 3 atom stereocenters. The van der Waals surface area contributed by atoms with E-state index in [1.807, 2.05) is 47.4 Å². The lowest BCUT2D eigenvalue weighted by Crippen LogP contribution is -2.44. The molecule has 1 fully saturated rings. The standard InChI is InChI=1S/C28H36N4O/c1-20-10-8-11-21(2)31(20)16-6-3-7-17-32-26-15-5-4-12-23(26)19-25(28(32)33)22-13-9-14-24(18-22)27(29)30/h3-5,7,9,12-15,18,20-21,25H,6,8,10-11,16-17,19H2,1-2H3,(H3,29,30)/b7-3+/t20-,21+,25?. The van der Waals surface area contributed by atoms with Crippen LogP contribution < -0.4 is 10.6 Å². The third-order valence-corrected chi connectivity index (χ3v) is 7.26. The highest BCUT2D eigenvalue weighted by atomic mass is 16.2. The Morgan fingerprint density at radius 3 is 2.61 bits per heavy atom. The number of likely N-dealkylation sites (tertiary alicyclic amines) is 1. The van der Waals surface area contributed by atoms with Crippen LogP contribution in [0.4, 0.5) is 5.69 Å². The molecule has 1 saturated heterocycles. The summed E-state index contributed by atoms with van der Waals surface area (Å²) >= 11 is 0. The van der Waals surface area contributed by atoms with E-state index in [-0.39, 0.29) is 17.7 Å². The van der Waals surface area contributed by atoms with Gasteiger partial charge in [-0.15, -0.1) is 0 Å². The van der Waals surface area contributed by atoms with Crippen molar-refractivity contribution in [2.45, 2.75) is 64.0 Å². The predicted octanol–water partition coefficient (Wildman–Crippen LogP) is 4.85. The second kappa shape index (κ2) is 10.3. The topological polar surface area (TPSA) is 73.4 Å². The normalized spacial score (nSPS) is 23.6. The minimum Gasteiger partial charge on any atom is -0.384 e. The van der Waals surface area contributed by atoms with E-state index in [2.05, 4.69) is 37.0 Å². The van der Waals surface area contributed by atoms with Gasteiger partial charge in [0.25, 0.3) is 0 Å². The van der Waals surface area contributed by atoms with E-state index in [1.165, 1.54) is 24.8 Å². The molecule has 2 aliphatic heterocycles. The van der Waals surface area contributed by atoms with E-state index in [9.17, 15) is 4.79 Å². The van der Waals surface area contributed by atoms with Gasteiger partial charge in [-0.2, -0.15) is 0 Å². The van der Waals surface area contributed by atoms with Crippen LogP contribution in [-0.4, -0.2) is 41.8 Å². The van der Waals surface area contributed by atoms with Crippen molar-refractivity contribution in [3.05, 3.63) is 77.4 Å². The summed E-state index contributed by atoms with van der Waals surface area (Å²) in [6.45, 7) is 6.32. The molecule has 2 heterocycles. The lowest BCUT2D eigenvalue weighted by Gasteiger charge is -2.38. The van der Waals surface area contributed by atoms with Gasteiger partial charge in [-0.1, -0.05) is 55.0 Å². The van der Waals surface area contributed by atoms with Gasteiger partial charge in [-0.3, -0.25) is 15.1 Å². The van der Waals surface area contributed by atoms with E-state index in [4.69, 9.17) is 11.1 Å². The van der Waals surface area contributed by atoms with Crippen molar-refractivity contribution in [2.75, 3.05) is 18.0 Å². The van der Waals surface area contributed by atoms with Crippen molar-refractivity contribution in [2.24, 2.45) is 5.73 Å². The molecule has 5 nitrogen and oxygen atoms in total. The van der Waals surface area contributed by atoms with Crippen LogP contribution in [0.5, 0.6) is 0 Å². The van der Waals surface area contributed by atoms with Crippen molar-refractivity contribution >= 4 is 17.4 Å². The average Bonchev–Trinajstić information content (AvgIpc) is 2.81. The first-order valence-corrected chi connectivity index (χ1v) is 12.2. The summed E-state index contributed by atoms with van der Waals surface area (Å²) in [7, 11) is 0. The van der Waals surface area contributed by atoms with Crippen molar-refractivity contribution in [3.8, 4) is 0 Å². The number of hydrogen-bond donors (Lipinski definition) is 2. The first kappa shape index (κ1) is 23.2. The first-order valence-electron chi connectivity index (χ1n) is 12.2. The van der Waals surface area contributed by atoms with E-state index in [1.54, 1.807) is 0 Å². The molecule has 0 radical (unpaired) electrons. The largest absolute Gasteiger partial charge is 0.384 e. The average molecular weight is 445 g/mol. The molecular formula is C28H36N4O. The van der Waals surface area contributed by atoms with Crippen LogP contribution in [-0.2, 0) is 11.2 Å². The summed E-state index contributed by atoms with van der Waals surface area (Å²) in [5.41, 5.74) is 9.46. The number of fused-ring (bicyclic) bond motifs is 1. The SMILES string of the molecule is C[C@@H]1CCC[C@H](C)N1CC/C=C/CN1C(=O)C(c2cccc(C(=N)N)c2)Cc2ccccc21. The number of amidine groups is 1. The number of piperidine rings is 1. The van der Waals surface area contributed by atoms with Gasteiger partial charge < -0.3 is 10.6 Å². The number of nitrogens with two attached hydrogens (primary N) is 1. The third-order valence-electron chi connectivity index (χ3n) is 7.26. The molecule has 0 aliphatic carbocycles. The second-order valence-corrected chi connectivity index (χ2v) is 9.50. The Hall–Kier alpha value is -2.92. The zero-order valence-electron chi connectivity index (χ0n) is 19.8. The molecule has 0 saturated carbocycles. The van der Waals surface area contributed by atoms with Gasteiger partial charge in [-0.05, 0) is 62.8 Å². The quantitative estimate of drug-likeness (QED) is 0.364. The highest BCUT2D eigenvalue weighted by Gasteiger charge is 2.33. The molecule has 2 aromatic carbocycles. The fourth-order valence-corrected chi connectivity index (χ4v) is 5.37. The Morgan fingerprint density at radius 1 is 1.09 bits per heavy atom. The van der Waals surface area contributed by atoms with E-state index in [0.717, 1.165) is 24.2 Å². The van der Waals surface area contributed by atoms with Crippen molar-refractivity contribution in [1.82, 2.24) is 4.90 Å². The van der Waals surface area contributed by atoms with Crippen LogP contribution in [0.1, 0.15) is 62.1 Å². The fourth-order valence-electron chi connectivity index (χ4n) is 5.37. The number of rotatable bonds is 7. The molecular weight excluding hydrogens is 408 g/mol. The highest BCUT2D eigenvalue weighted by Crippen LogP contribution is 2.35. The lowest BCUT2D eigenvalue weighted by atomic mass is 9.85. The number of nitrogens with zero attached hydrogens (tertiary/aromatic N) is 2. The number of anilines is 1. The molecule has 33 heavy (non-hydrogen) atoms. The van der Waals surface area contributed by atoms with Gasteiger partial charge in [0.2, 0.25) is 5.91 Å². The number of para-hydroxylation sites is 1. The van der Waals surface area contributed by atoms with E-state index >= 15 is 0 Å². The maximum Gasteiger partial charge on any atom is 0.235 e. The van der Waals surface area contributed by atoms with Gasteiger partial charge in [-0.25, -0.2) is 0 Å². The van der Waals surface area contributed by atoms with Crippen molar-refractivity contribution < 1.29 is 4.79 Å². The smallest absolute Gasteiger partial charge is 0.235 e. The molecule has 5 heteroatoms. The van der Waals surface area contributed by atoms with Crippen molar-refractivity contribution in [1.29, 1.82) is 5.41 Å². The third kappa shape index (κ3) is 5.19. The van der Waals surface area contributed by atoms with Gasteiger partial charge in [0.05, 0.1) is 5.92 Å². The molecule has 3 N–H and O–H groups in total. The van der Waals surface area contributed by atoms with Crippen molar-refractivity contribution in [3.63, 3.8) is 0 Å². The second-order valence-electron chi connectivity index (χ2n) is 9.50. The van der Waals surface area contributed by atoms with E-state index < -0.39 is 0 Å². The van der Waals surface area contributed by atoms with Crippen LogP contribution in [0.25, 0.3) is 0 Å². The Labute approximate surface area is 197 Å². The number of carbonyl (C=O) groups is 1. The maximum atomic E-state index is 13.6. The summed E-state index contributed by atoms with van der Waals surface area (Å²) in [5, 5.41) is 7.75. The summed E-state index contributed by atoms with van der Waals surface area (Å²) < 4.78 is 0. The Morgan fingerprint density at radius 2 is 1.85 bits per heavy atom. The van der Waals surface area contributed by atoms with Gasteiger partial charge >= 0.3 is 0 Å². The van der Waals surface area contributed by atoms with Gasteiger partial charge in [0.15, 0.2) is 0 Å². The number of benzene rings is 2. The van der Waals surface area contributed by atoms with Crippen LogP contribution in [0, 0.1) is 5.41 Å². The Balaban J connectivity index is 1.47. The molecule has 4 rings (SSSR count). The molecule has 2 aromatic rings. The molecule has 1 unspecified atom stereocenters. The summed E-state index contributed by atoms with van der Waals surface area (Å²) in [6.07, 6.45) is 9.95. The van der Waals surface area contributed by atoms with Crippen LogP contribution in [0.3, 0.4) is 0 Å². The van der Waals surface area contributed by atoms with Crippen LogP contribution >= 0.6 is 0 Å². The fraction of sp³-hybridized carbons (Fsp3) is 0.429. The molecule has 0 spiro atoms. The number of hydrogen-bond acceptors (Lipinski definition) is 3. The van der Waals surface area contributed by atoms with E-state index in [0.29, 0.717) is 30.6 Å². The van der Waals surface area contributed by atoms with Crippen LogP contribution in [0.15, 0.2) is 60.7 Å².